The van der Waals surface area contributed by atoms with Crippen LogP contribution in [0.15, 0.2) is 6.07 Å². The van der Waals surface area contributed by atoms with Crippen LogP contribution in [0.25, 0.3) is 0 Å². The lowest BCUT2D eigenvalue weighted by Gasteiger charge is -2.21. The molecule has 0 aromatic carbocycles. The number of hydrogen-bond donors (Lipinski definition) is 2. The van der Waals surface area contributed by atoms with Crippen molar-refractivity contribution in [2.45, 2.75) is 20.8 Å². The lowest BCUT2D eigenvalue weighted by molar-refractivity contribution is 0.633. The molecule has 0 fully saturated rings. The van der Waals surface area contributed by atoms with E-state index >= 15 is 0 Å². The summed E-state index contributed by atoms with van der Waals surface area (Å²) in [6.45, 7) is 9.11. The molecule has 0 bridgehead atoms. The first-order chi connectivity index (χ1) is 8.52. The van der Waals surface area contributed by atoms with Crippen LogP contribution in [0.5, 0.6) is 0 Å². The first-order valence-electron chi connectivity index (χ1n) is 6.48. The van der Waals surface area contributed by atoms with E-state index in [2.05, 4.69) is 46.4 Å². The molecule has 0 aliphatic carbocycles. The van der Waals surface area contributed by atoms with Gasteiger partial charge in [0.1, 0.15) is 17.5 Å². The number of rotatable bonds is 7. The highest BCUT2D eigenvalue weighted by atomic mass is 15.2. The smallest absolute Gasteiger partial charge is 0.134 e. The average Bonchev–Trinajstić information content (AvgIpc) is 2.27. The molecule has 0 unspecified atom stereocenters. The van der Waals surface area contributed by atoms with Crippen molar-refractivity contribution in [1.82, 2.24) is 15.3 Å². The number of nitrogens with zero attached hydrogens (tertiary/aromatic N) is 3. The molecular weight excluding hydrogens is 226 g/mol. The van der Waals surface area contributed by atoms with Gasteiger partial charge in [-0.25, -0.2) is 9.97 Å². The Balaban J connectivity index is 2.73. The molecule has 0 atom stereocenters. The predicted octanol–water partition coefficient (Wildman–Crippen LogP) is 1.51. The van der Waals surface area contributed by atoms with E-state index in [1.54, 1.807) is 0 Å². The summed E-state index contributed by atoms with van der Waals surface area (Å²) in [4.78, 5) is 11.0. The van der Waals surface area contributed by atoms with Crippen LogP contribution in [-0.2, 0) is 0 Å². The van der Waals surface area contributed by atoms with Crippen molar-refractivity contribution in [1.29, 1.82) is 0 Å². The van der Waals surface area contributed by atoms with Crippen molar-refractivity contribution in [3.63, 3.8) is 0 Å². The number of likely N-dealkylation sites (N-methyl/N-ethyl adjacent to an activating group) is 1. The number of nitrogens with one attached hydrogen (secondary N) is 2. The van der Waals surface area contributed by atoms with Gasteiger partial charge in [-0.2, -0.15) is 0 Å². The summed E-state index contributed by atoms with van der Waals surface area (Å²) in [5, 5.41) is 6.39. The Morgan fingerprint density at radius 3 is 2.61 bits per heavy atom. The minimum atomic E-state index is 0.617. The lowest BCUT2D eigenvalue weighted by atomic mass is 10.2. The van der Waals surface area contributed by atoms with Gasteiger partial charge in [-0.05, 0) is 19.9 Å². The molecule has 1 rings (SSSR count). The van der Waals surface area contributed by atoms with Crippen molar-refractivity contribution >= 4 is 11.6 Å². The fraction of sp³-hybridized carbons (Fsp3) is 0.692. The summed E-state index contributed by atoms with van der Waals surface area (Å²) in [7, 11) is 4.01. The van der Waals surface area contributed by atoms with E-state index in [1.165, 1.54) is 0 Å². The Kier molecular flexibility index (Phi) is 5.85. The molecule has 102 valence electrons. The highest BCUT2D eigenvalue weighted by molar-refractivity contribution is 5.48. The quantitative estimate of drug-likeness (QED) is 0.719. The topological polar surface area (TPSA) is 53.1 Å². The molecule has 0 amide bonds. The largest absolute Gasteiger partial charge is 0.369 e. The third-order valence-corrected chi connectivity index (χ3v) is 2.54. The SMILES string of the molecule is CNCCNc1cc(N(C)CC(C)C)nc(C)n1. The van der Waals surface area contributed by atoms with Gasteiger partial charge in [-0.15, -0.1) is 0 Å². The first kappa shape index (κ1) is 14.7. The first-order valence-corrected chi connectivity index (χ1v) is 6.48. The number of aromatic nitrogens is 2. The summed E-state index contributed by atoms with van der Waals surface area (Å²) in [5.41, 5.74) is 0. The average molecular weight is 251 g/mol. The summed E-state index contributed by atoms with van der Waals surface area (Å²) in [5.74, 6) is 3.28. The molecule has 1 aromatic heterocycles. The molecule has 18 heavy (non-hydrogen) atoms. The Morgan fingerprint density at radius 2 is 2.00 bits per heavy atom. The van der Waals surface area contributed by atoms with Gasteiger partial charge in [-0.3, -0.25) is 0 Å². The number of aryl methyl sites for hydroxylation is 1. The third kappa shape index (κ3) is 4.87. The fourth-order valence-electron chi connectivity index (χ4n) is 1.79. The Bertz CT molecular complexity index is 364. The van der Waals surface area contributed by atoms with E-state index in [0.29, 0.717) is 5.92 Å². The summed E-state index contributed by atoms with van der Waals surface area (Å²) >= 11 is 0. The van der Waals surface area contributed by atoms with Crippen molar-refractivity contribution in [3.8, 4) is 0 Å². The Morgan fingerprint density at radius 1 is 1.28 bits per heavy atom. The number of hydrogen-bond acceptors (Lipinski definition) is 5. The molecule has 0 saturated heterocycles. The van der Waals surface area contributed by atoms with Gasteiger partial charge >= 0.3 is 0 Å². The molecule has 5 heteroatoms. The zero-order chi connectivity index (χ0) is 13.5. The van der Waals surface area contributed by atoms with E-state index in [1.807, 2.05) is 20.0 Å². The van der Waals surface area contributed by atoms with E-state index in [4.69, 9.17) is 0 Å². The summed E-state index contributed by atoms with van der Waals surface area (Å²) < 4.78 is 0. The maximum absolute atomic E-state index is 4.47. The van der Waals surface area contributed by atoms with Gasteiger partial charge in [0.2, 0.25) is 0 Å². The minimum absolute atomic E-state index is 0.617. The van der Waals surface area contributed by atoms with E-state index < -0.39 is 0 Å². The van der Waals surface area contributed by atoms with Crippen molar-refractivity contribution in [2.75, 3.05) is 43.9 Å². The third-order valence-electron chi connectivity index (χ3n) is 2.54. The second-order valence-corrected chi connectivity index (χ2v) is 4.96. The monoisotopic (exact) mass is 251 g/mol. The van der Waals surface area contributed by atoms with Crippen molar-refractivity contribution in [3.05, 3.63) is 11.9 Å². The fourth-order valence-corrected chi connectivity index (χ4v) is 1.79. The lowest BCUT2D eigenvalue weighted by Crippen LogP contribution is -2.24. The molecule has 5 nitrogen and oxygen atoms in total. The molecular formula is C13H25N5. The molecule has 1 aromatic rings. The molecule has 0 radical (unpaired) electrons. The van der Waals surface area contributed by atoms with E-state index in [9.17, 15) is 0 Å². The van der Waals surface area contributed by atoms with Gasteiger partial charge < -0.3 is 15.5 Å². The van der Waals surface area contributed by atoms with Gasteiger partial charge in [-0.1, -0.05) is 13.8 Å². The second-order valence-electron chi connectivity index (χ2n) is 4.96. The maximum atomic E-state index is 4.47. The van der Waals surface area contributed by atoms with Crippen LogP contribution in [0, 0.1) is 12.8 Å². The van der Waals surface area contributed by atoms with Crippen LogP contribution < -0.4 is 15.5 Å². The minimum Gasteiger partial charge on any atom is -0.369 e. The van der Waals surface area contributed by atoms with Crippen molar-refractivity contribution < 1.29 is 0 Å². The molecule has 0 aliphatic rings. The van der Waals surface area contributed by atoms with Crippen LogP contribution >= 0.6 is 0 Å². The van der Waals surface area contributed by atoms with Gasteiger partial charge in [0.05, 0.1) is 0 Å². The van der Waals surface area contributed by atoms with Crippen LogP contribution in [0.3, 0.4) is 0 Å². The summed E-state index contributed by atoms with van der Waals surface area (Å²) in [6, 6.07) is 2.00. The van der Waals surface area contributed by atoms with Crippen LogP contribution in [0.1, 0.15) is 19.7 Å². The standard InChI is InChI=1S/C13H25N5/c1-10(2)9-18(5)13-8-12(15-7-6-14-4)16-11(3)17-13/h8,10,14H,6-7,9H2,1-5H3,(H,15,16,17). The number of anilines is 2. The zero-order valence-corrected chi connectivity index (χ0v) is 12.1. The highest BCUT2D eigenvalue weighted by Crippen LogP contribution is 2.15. The molecule has 2 N–H and O–H groups in total. The predicted molar refractivity (Wildman–Crippen MR) is 77.3 cm³/mol. The normalized spacial score (nSPS) is 10.8. The molecule has 0 aliphatic heterocycles. The van der Waals surface area contributed by atoms with Crippen LogP contribution in [0.4, 0.5) is 11.6 Å². The van der Waals surface area contributed by atoms with Gasteiger partial charge in [0.15, 0.2) is 0 Å². The molecule has 0 saturated carbocycles. The maximum Gasteiger partial charge on any atom is 0.134 e. The molecule has 0 spiro atoms. The van der Waals surface area contributed by atoms with Gasteiger partial charge in [0.25, 0.3) is 0 Å². The van der Waals surface area contributed by atoms with Crippen molar-refractivity contribution in [2.24, 2.45) is 5.92 Å². The molecule has 1 heterocycles. The second kappa shape index (κ2) is 7.16. The highest BCUT2D eigenvalue weighted by Gasteiger charge is 2.07. The van der Waals surface area contributed by atoms with E-state index in [0.717, 1.165) is 37.1 Å². The zero-order valence-electron chi connectivity index (χ0n) is 12.1. The van der Waals surface area contributed by atoms with Crippen LogP contribution in [0.2, 0.25) is 0 Å². The van der Waals surface area contributed by atoms with E-state index in [-0.39, 0.29) is 0 Å². The summed E-state index contributed by atoms with van der Waals surface area (Å²) in [6.07, 6.45) is 0. The Hall–Kier alpha value is -1.36. The van der Waals surface area contributed by atoms with Crippen LogP contribution in [-0.4, -0.2) is 43.7 Å². The Labute approximate surface area is 110 Å². The van der Waals surface area contributed by atoms with Gasteiger partial charge in [0, 0.05) is 32.7 Å².